The van der Waals surface area contributed by atoms with E-state index in [-0.39, 0.29) is 5.56 Å². The van der Waals surface area contributed by atoms with E-state index >= 15 is 0 Å². The fourth-order valence-electron chi connectivity index (χ4n) is 1.70. The number of benzene rings is 2. The minimum absolute atomic E-state index is 0.0171. The number of carbonyl (C=O) groups excluding carboxylic acids is 2. The van der Waals surface area contributed by atoms with E-state index in [1.54, 1.807) is 31.2 Å². The van der Waals surface area contributed by atoms with Crippen LogP contribution in [0.4, 0.5) is 10.1 Å². The summed E-state index contributed by atoms with van der Waals surface area (Å²) in [4.78, 5) is 22.6. The highest BCUT2D eigenvalue weighted by atomic mass is 19.1. The van der Waals surface area contributed by atoms with Crippen molar-refractivity contribution >= 4 is 17.9 Å². The van der Waals surface area contributed by atoms with Crippen LogP contribution in [0.15, 0.2) is 42.5 Å². The number of nitrogens with one attached hydrogen (secondary N) is 1. The van der Waals surface area contributed by atoms with Gasteiger partial charge < -0.3 is 5.32 Å². The zero-order valence-electron chi connectivity index (χ0n) is 10.3. The molecular weight excluding hydrogens is 245 g/mol. The highest BCUT2D eigenvalue weighted by Gasteiger charge is 2.12. The lowest BCUT2D eigenvalue weighted by atomic mass is 10.1. The van der Waals surface area contributed by atoms with Crippen molar-refractivity contribution in [1.29, 1.82) is 0 Å². The van der Waals surface area contributed by atoms with E-state index in [9.17, 15) is 14.0 Å². The number of anilines is 1. The molecule has 0 radical (unpaired) electrons. The second-order valence-electron chi connectivity index (χ2n) is 4.18. The number of aldehydes is 1. The third-order valence-corrected chi connectivity index (χ3v) is 2.65. The Balaban J connectivity index is 2.25. The normalized spacial score (nSPS) is 10.0. The van der Waals surface area contributed by atoms with E-state index in [0.717, 1.165) is 5.56 Å². The highest BCUT2D eigenvalue weighted by Crippen LogP contribution is 2.14. The molecule has 0 bridgehead atoms. The Morgan fingerprint density at radius 3 is 2.74 bits per heavy atom. The number of amides is 1. The predicted octanol–water partition coefficient (Wildman–Crippen LogP) is 3.20. The fraction of sp³-hybridized carbons (Fsp3) is 0.0667. The van der Waals surface area contributed by atoms with Gasteiger partial charge in [0.15, 0.2) is 0 Å². The van der Waals surface area contributed by atoms with Crippen LogP contribution in [0.25, 0.3) is 0 Å². The van der Waals surface area contributed by atoms with Gasteiger partial charge in [0, 0.05) is 11.3 Å². The predicted molar refractivity (Wildman–Crippen MR) is 70.9 cm³/mol. The molecule has 4 heteroatoms. The average molecular weight is 257 g/mol. The summed E-state index contributed by atoms with van der Waals surface area (Å²) in [6.07, 6.45) is 0.683. The molecule has 0 aromatic heterocycles. The Bertz CT molecular complexity index is 638. The van der Waals surface area contributed by atoms with Gasteiger partial charge in [-0.3, -0.25) is 9.59 Å². The second kappa shape index (κ2) is 5.44. The molecule has 0 aliphatic rings. The van der Waals surface area contributed by atoms with Crippen molar-refractivity contribution in [3.63, 3.8) is 0 Å². The van der Waals surface area contributed by atoms with Crippen molar-refractivity contribution in [2.45, 2.75) is 6.92 Å². The van der Waals surface area contributed by atoms with E-state index < -0.39 is 11.7 Å². The summed E-state index contributed by atoms with van der Waals surface area (Å²) in [6.45, 7) is 1.78. The molecule has 96 valence electrons. The summed E-state index contributed by atoms with van der Waals surface area (Å²) >= 11 is 0. The van der Waals surface area contributed by atoms with Gasteiger partial charge in [-0.05, 0) is 31.2 Å². The number of carbonyl (C=O) groups is 2. The largest absolute Gasteiger partial charge is 0.322 e. The first-order chi connectivity index (χ1) is 9.10. The molecule has 2 aromatic carbocycles. The maximum absolute atomic E-state index is 13.6. The van der Waals surface area contributed by atoms with Gasteiger partial charge in [0.1, 0.15) is 12.1 Å². The van der Waals surface area contributed by atoms with E-state index in [1.165, 1.54) is 18.2 Å². The SMILES string of the molecule is Cc1ccc(F)c(C(=O)Nc2cccc(C=O)c2)c1. The third-order valence-electron chi connectivity index (χ3n) is 2.65. The smallest absolute Gasteiger partial charge is 0.258 e. The topological polar surface area (TPSA) is 46.2 Å². The van der Waals surface area contributed by atoms with Crippen molar-refractivity contribution in [2.24, 2.45) is 0 Å². The zero-order chi connectivity index (χ0) is 13.8. The lowest BCUT2D eigenvalue weighted by Gasteiger charge is -2.07. The molecule has 0 atom stereocenters. The van der Waals surface area contributed by atoms with Gasteiger partial charge >= 0.3 is 0 Å². The van der Waals surface area contributed by atoms with Gasteiger partial charge in [0.2, 0.25) is 0 Å². The summed E-state index contributed by atoms with van der Waals surface area (Å²) in [5.74, 6) is -1.11. The van der Waals surface area contributed by atoms with Crippen molar-refractivity contribution < 1.29 is 14.0 Å². The van der Waals surface area contributed by atoms with Crippen LogP contribution in [0.3, 0.4) is 0 Å². The summed E-state index contributed by atoms with van der Waals surface area (Å²) < 4.78 is 13.6. The van der Waals surface area contributed by atoms with E-state index in [1.807, 2.05) is 0 Å². The molecule has 0 spiro atoms. The van der Waals surface area contributed by atoms with Crippen LogP contribution in [0.2, 0.25) is 0 Å². The first kappa shape index (κ1) is 13.0. The molecule has 0 unspecified atom stereocenters. The van der Waals surface area contributed by atoms with Gasteiger partial charge in [-0.1, -0.05) is 23.8 Å². The first-order valence-corrected chi connectivity index (χ1v) is 5.73. The number of halogens is 1. The molecule has 0 fully saturated rings. The van der Waals surface area contributed by atoms with Crippen LogP contribution in [0.1, 0.15) is 26.3 Å². The molecule has 19 heavy (non-hydrogen) atoms. The van der Waals surface area contributed by atoms with Crippen molar-refractivity contribution in [3.8, 4) is 0 Å². The quantitative estimate of drug-likeness (QED) is 0.858. The lowest BCUT2D eigenvalue weighted by Crippen LogP contribution is -2.14. The van der Waals surface area contributed by atoms with Crippen LogP contribution in [-0.4, -0.2) is 12.2 Å². The van der Waals surface area contributed by atoms with Crippen molar-refractivity contribution in [3.05, 3.63) is 65.0 Å². The summed E-state index contributed by atoms with van der Waals surface area (Å²) in [5, 5.41) is 2.56. The number of hydrogen-bond donors (Lipinski definition) is 1. The molecule has 0 saturated carbocycles. The van der Waals surface area contributed by atoms with Gasteiger partial charge in [-0.25, -0.2) is 4.39 Å². The van der Waals surface area contributed by atoms with E-state index in [4.69, 9.17) is 0 Å². The van der Waals surface area contributed by atoms with Crippen LogP contribution in [0.5, 0.6) is 0 Å². The van der Waals surface area contributed by atoms with Gasteiger partial charge in [0.25, 0.3) is 5.91 Å². The molecule has 2 rings (SSSR count). The van der Waals surface area contributed by atoms with Crippen LogP contribution in [0, 0.1) is 12.7 Å². The van der Waals surface area contributed by atoms with Crippen molar-refractivity contribution in [2.75, 3.05) is 5.32 Å². The molecule has 3 nitrogen and oxygen atoms in total. The summed E-state index contributed by atoms with van der Waals surface area (Å²) in [7, 11) is 0. The monoisotopic (exact) mass is 257 g/mol. The zero-order valence-corrected chi connectivity index (χ0v) is 10.3. The number of hydrogen-bond acceptors (Lipinski definition) is 2. The lowest BCUT2D eigenvalue weighted by molar-refractivity contribution is 0.102. The molecule has 0 saturated heterocycles. The molecular formula is C15H12FNO2. The number of aryl methyl sites for hydroxylation is 1. The summed E-state index contributed by atoms with van der Waals surface area (Å²) in [6, 6.07) is 10.8. The fourth-order valence-corrected chi connectivity index (χ4v) is 1.70. The number of rotatable bonds is 3. The Morgan fingerprint density at radius 2 is 2.00 bits per heavy atom. The summed E-state index contributed by atoms with van der Waals surface area (Å²) in [5.41, 5.74) is 1.68. The molecule has 0 aliphatic heterocycles. The van der Waals surface area contributed by atoms with E-state index in [2.05, 4.69) is 5.32 Å². The van der Waals surface area contributed by atoms with Crippen LogP contribution in [-0.2, 0) is 0 Å². The minimum Gasteiger partial charge on any atom is -0.322 e. The Hall–Kier alpha value is -2.49. The molecule has 2 aromatic rings. The standard InChI is InChI=1S/C15H12FNO2/c1-10-5-6-14(16)13(7-10)15(19)17-12-4-2-3-11(8-12)9-18/h2-9H,1H3,(H,17,19). The van der Waals surface area contributed by atoms with E-state index in [0.29, 0.717) is 17.5 Å². The van der Waals surface area contributed by atoms with Crippen LogP contribution >= 0.6 is 0 Å². The molecule has 0 aliphatic carbocycles. The third kappa shape index (κ3) is 3.04. The Labute approximate surface area is 110 Å². The molecule has 1 amide bonds. The van der Waals surface area contributed by atoms with Gasteiger partial charge in [0.05, 0.1) is 5.56 Å². The maximum atomic E-state index is 13.6. The molecule has 0 heterocycles. The first-order valence-electron chi connectivity index (χ1n) is 5.73. The Morgan fingerprint density at radius 1 is 1.21 bits per heavy atom. The maximum Gasteiger partial charge on any atom is 0.258 e. The highest BCUT2D eigenvalue weighted by molar-refractivity contribution is 6.04. The van der Waals surface area contributed by atoms with Gasteiger partial charge in [-0.15, -0.1) is 0 Å². The minimum atomic E-state index is -0.574. The van der Waals surface area contributed by atoms with Crippen LogP contribution < -0.4 is 5.32 Å². The Kier molecular flexibility index (Phi) is 3.71. The van der Waals surface area contributed by atoms with Crippen molar-refractivity contribution in [1.82, 2.24) is 0 Å². The second-order valence-corrected chi connectivity index (χ2v) is 4.18. The average Bonchev–Trinajstić information content (AvgIpc) is 2.41. The molecule has 1 N–H and O–H groups in total. The van der Waals surface area contributed by atoms with Gasteiger partial charge in [-0.2, -0.15) is 0 Å².